The van der Waals surface area contributed by atoms with Gasteiger partial charge < -0.3 is 14.5 Å². The second-order valence-corrected chi connectivity index (χ2v) is 3.62. The van der Waals surface area contributed by atoms with E-state index in [2.05, 4.69) is 10.3 Å². The summed E-state index contributed by atoms with van der Waals surface area (Å²) in [5, 5.41) is 3.14. The first-order valence-electron chi connectivity index (χ1n) is 5.68. The minimum absolute atomic E-state index is 0.319. The fraction of sp³-hybridized carbons (Fsp3) is 0.231. The molecule has 0 bridgehead atoms. The molecule has 0 saturated carbocycles. The Labute approximate surface area is 105 Å². The average Bonchev–Trinajstić information content (AvgIpc) is 2.90. The van der Waals surface area contributed by atoms with E-state index in [1.807, 2.05) is 6.07 Å². The predicted molar refractivity (Wildman–Crippen MR) is 66.2 cm³/mol. The maximum atomic E-state index is 11.6. The predicted octanol–water partition coefficient (Wildman–Crippen LogP) is 2.46. The lowest BCUT2D eigenvalue weighted by atomic mass is 10.2. The molecule has 1 N–H and O–H groups in total. The summed E-state index contributed by atoms with van der Waals surface area (Å²) in [5.41, 5.74) is 1.36. The number of carbonyl (C=O) groups is 1. The van der Waals surface area contributed by atoms with Crippen molar-refractivity contribution in [3.8, 4) is 0 Å². The Kier molecular flexibility index (Phi) is 3.96. The van der Waals surface area contributed by atoms with E-state index < -0.39 is 0 Å². The minimum Gasteiger partial charge on any atom is -0.462 e. The molecule has 0 radical (unpaired) electrons. The lowest BCUT2D eigenvalue weighted by molar-refractivity contribution is 0.0526. The van der Waals surface area contributed by atoms with E-state index in [1.165, 1.54) is 6.39 Å². The standard InChI is InChI=1S/C13H14N2O3/c1-2-17-13(16)10-4-3-5-11(6-10)15-8-12-7-14-9-18-12/h3-7,9,15H,2,8H2,1H3. The van der Waals surface area contributed by atoms with Crippen LogP contribution in [0.4, 0.5) is 5.69 Å². The minimum atomic E-state index is -0.319. The second-order valence-electron chi connectivity index (χ2n) is 3.62. The van der Waals surface area contributed by atoms with Crippen molar-refractivity contribution in [3.63, 3.8) is 0 Å². The zero-order valence-corrected chi connectivity index (χ0v) is 10.1. The topological polar surface area (TPSA) is 64.4 Å². The highest BCUT2D eigenvalue weighted by atomic mass is 16.5. The van der Waals surface area contributed by atoms with Crippen LogP contribution in [0.3, 0.4) is 0 Å². The van der Waals surface area contributed by atoms with Gasteiger partial charge in [0.25, 0.3) is 0 Å². The van der Waals surface area contributed by atoms with Crippen molar-refractivity contribution < 1.29 is 13.9 Å². The van der Waals surface area contributed by atoms with Gasteiger partial charge in [-0.15, -0.1) is 0 Å². The molecule has 0 aliphatic heterocycles. The zero-order valence-electron chi connectivity index (χ0n) is 10.1. The fourth-order valence-electron chi connectivity index (χ4n) is 1.49. The van der Waals surface area contributed by atoms with Crippen molar-refractivity contribution in [2.24, 2.45) is 0 Å². The number of hydrogen-bond acceptors (Lipinski definition) is 5. The summed E-state index contributed by atoms with van der Waals surface area (Å²) >= 11 is 0. The van der Waals surface area contributed by atoms with E-state index in [0.29, 0.717) is 18.7 Å². The van der Waals surface area contributed by atoms with Gasteiger partial charge in [0.05, 0.1) is 24.9 Å². The molecule has 2 rings (SSSR count). The highest BCUT2D eigenvalue weighted by Crippen LogP contribution is 2.13. The average molecular weight is 246 g/mol. The molecular formula is C13H14N2O3. The summed E-state index contributed by atoms with van der Waals surface area (Å²) in [6.07, 6.45) is 3.02. The lowest BCUT2D eigenvalue weighted by Gasteiger charge is -2.06. The Balaban J connectivity index is 2.01. The van der Waals surface area contributed by atoms with Crippen molar-refractivity contribution in [2.75, 3.05) is 11.9 Å². The van der Waals surface area contributed by atoms with Crippen molar-refractivity contribution in [1.82, 2.24) is 4.98 Å². The first kappa shape index (κ1) is 12.2. The Morgan fingerprint density at radius 3 is 3.11 bits per heavy atom. The van der Waals surface area contributed by atoms with Gasteiger partial charge in [0.1, 0.15) is 5.76 Å². The van der Waals surface area contributed by atoms with Gasteiger partial charge >= 0.3 is 5.97 Å². The van der Waals surface area contributed by atoms with Crippen LogP contribution in [0.15, 0.2) is 41.3 Å². The van der Waals surface area contributed by atoms with Gasteiger partial charge in [0, 0.05) is 5.69 Å². The number of hydrogen-bond donors (Lipinski definition) is 1. The van der Waals surface area contributed by atoms with Crippen LogP contribution in [0.5, 0.6) is 0 Å². The van der Waals surface area contributed by atoms with Gasteiger partial charge in [0.2, 0.25) is 0 Å². The highest BCUT2D eigenvalue weighted by Gasteiger charge is 2.06. The summed E-state index contributed by atoms with van der Waals surface area (Å²) in [4.78, 5) is 15.4. The molecule has 5 heteroatoms. The lowest BCUT2D eigenvalue weighted by Crippen LogP contribution is -2.05. The summed E-state index contributed by atoms with van der Waals surface area (Å²) in [7, 11) is 0. The van der Waals surface area contributed by atoms with E-state index in [9.17, 15) is 4.79 Å². The molecule has 0 amide bonds. The van der Waals surface area contributed by atoms with Crippen molar-refractivity contribution >= 4 is 11.7 Å². The molecule has 0 aliphatic carbocycles. The number of aromatic nitrogens is 1. The third kappa shape index (κ3) is 3.10. The number of anilines is 1. The van der Waals surface area contributed by atoms with E-state index in [0.717, 1.165) is 11.4 Å². The molecule has 0 spiro atoms. The van der Waals surface area contributed by atoms with Gasteiger partial charge in [0.15, 0.2) is 6.39 Å². The number of oxazole rings is 1. The normalized spacial score (nSPS) is 10.1. The van der Waals surface area contributed by atoms with Crippen LogP contribution in [0.1, 0.15) is 23.0 Å². The number of carbonyl (C=O) groups excluding carboxylic acids is 1. The summed E-state index contributed by atoms with van der Waals surface area (Å²) < 4.78 is 10.0. The maximum absolute atomic E-state index is 11.6. The molecule has 0 atom stereocenters. The van der Waals surface area contributed by atoms with Crippen LogP contribution in [0.25, 0.3) is 0 Å². The third-order valence-electron chi connectivity index (χ3n) is 2.32. The highest BCUT2D eigenvalue weighted by molar-refractivity contribution is 5.90. The van der Waals surface area contributed by atoms with Gasteiger partial charge in [-0.2, -0.15) is 0 Å². The maximum Gasteiger partial charge on any atom is 0.338 e. The summed E-state index contributed by atoms with van der Waals surface area (Å²) in [6, 6.07) is 7.14. The Bertz CT molecular complexity index is 509. The van der Waals surface area contributed by atoms with E-state index in [1.54, 1.807) is 31.3 Å². The van der Waals surface area contributed by atoms with Crippen molar-refractivity contribution in [2.45, 2.75) is 13.5 Å². The van der Waals surface area contributed by atoms with Crippen LogP contribution < -0.4 is 5.32 Å². The van der Waals surface area contributed by atoms with Crippen LogP contribution in [0, 0.1) is 0 Å². The van der Waals surface area contributed by atoms with Crippen LogP contribution in [-0.4, -0.2) is 17.6 Å². The largest absolute Gasteiger partial charge is 0.462 e. The van der Waals surface area contributed by atoms with Crippen LogP contribution in [-0.2, 0) is 11.3 Å². The molecule has 0 unspecified atom stereocenters. The summed E-state index contributed by atoms with van der Waals surface area (Å²) in [5.74, 6) is 0.414. The zero-order chi connectivity index (χ0) is 12.8. The van der Waals surface area contributed by atoms with Crippen LogP contribution >= 0.6 is 0 Å². The molecule has 2 aromatic rings. The summed E-state index contributed by atoms with van der Waals surface area (Å²) in [6.45, 7) is 2.67. The Morgan fingerprint density at radius 1 is 1.50 bits per heavy atom. The van der Waals surface area contributed by atoms with Gasteiger partial charge in [-0.3, -0.25) is 0 Å². The molecule has 18 heavy (non-hydrogen) atoms. The first-order chi connectivity index (χ1) is 8.79. The van der Waals surface area contributed by atoms with E-state index in [4.69, 9.17) is 9.15 Å². The van der Waals surface area contributed by atoms with Crippen molar-refractivity contribution in [3.05, 3.63) is 48.2 Å². The molecule has 1 aromatic carbocycles. The van der Waals surface area contributed by atoms with E-state index in [-0.39, 0.29) is 5.97 Å². The number of rotatable bonds is 5. The number of nitrogens with one attached hydrogen (secondary N) is 1. The van der Waals surface area contributed by atoms with Crippen molar-refractivity contribution in [1.29, 1.82) is 0 Å². The van der Waals surface area contributed by atoms with Gasteiger partial charge in [-0.25, -0.2) is 9.78 Å². The quantitative estimate of drug-likeness (QED) is 0.821. The number of benzene rings is 1. The second kappa shape index (κ2) is 5.86. The molecular weight excluding hydrogens is 232 g/mol. The van der Waals surface area contributed by atoms with Gasteiger partial charge in [-0.05, 0) is 25.1 Å². The monoisotopic (exact) mass is 246 g/mol. The molecule has 0 fully saturated rings. The number of esters is 1. The Morgan fingerprint density at radius 2 is 2.39 bits per heavy atom. The van der Waals surface area contributed by atoms with Crippen LogP contribution in [0.2, 0.25) is 0 Å². The molecule has 0 aliphatic rings. The number of ether oxygens (including phenoxy) is 1. The van der Waals surface area contributed by atoms with Gasteiger partial charge in [-0.1, -0.05) is 6.07 Å². The number of nitrogens with zero attached hydrogens (tertiary/aromatic N) is 1. The first-order valence-corrected chi connectivity index (χ1v) is 5.68. The smallest absolute Gasteiger partial charge is 0.338 e. The molecule has 94 valence electrons. The Hall–Kier alpha value is -2.30. The molecule has 5 nitrogen and oxygen atoms in total. The SMILES string of the molecule is CCOC(=O)c1cccc(NCc2cnco2)c1. The molecule has 0 saturated heterocycles. The molecule has 1 heterocycles. The third-order valence-corrected chi connectivity index (χ3v) is 2.32. The van der Waals surface area contributed by atoms with E-state index >= 15 is 0 Å². The fourth-order valence-corrected chi connectivity index (χ4v) is 1.49. The molecule has 1 aromatic heterocycles.